The second-order valence-corrected chi connectivity index (χ2v) is 7.70. The van der Waals surface area contributed by atoms with Gasteiger partial charge in [0.2, 0.25) is 5.95 Å². The van der Waals surface area contributed by atoms with Crippen molar-refractivity contribution < 1.29 is 13.6 Å². The Bertz CT molecular complexity index is 1370. The molecule has 0 saturated carbocycles. The molecule has 164 valence electrons. The van der Waals surface area contributed by atoms with Gasteiger partial charge in [-0.1, -0.05) is 60.1 Å². The lowest BCUT2D eigenvalue weighted by atomic mass is 10.0. The van der Waals surface area contributed by atoms with E-state index in [1.807, 2.05) is 30.3 Å². The Morgan fingerprint density at radius 1 is 0.970 bits per heavy atom. The van der Waals surface area contributed by atoms with E-state index in [1.54, 1.807) is 18.2 Å². The number of allylic oxidation sites excluding steroid dienone is 1. The Hall–Kier alpha value is -4.04. The molecule has 1 amide bonds. The summed E-state index contributed by atoms with van der Waals surface area (Å²) in [4.78, 5) is 16.9. The molecule has 0 radical (unpaired) electrons. The van der Waals surface area contributed by atoms with E-state index in [9.17, 15) is 13.6 Å². The molecule has 3 aromatic carbocycles. The molecule has 33 heavy (non-hydrogen) atoms. The fourth-order valence-electron chi connectivity index (χ4n) is 3.65. The third kappa shape index (κ3) is 3.96. The van der Waals surface area contributed by atoms with Gasteiger partial charge in [-0.3, -0.25) is 10.1 Å². The number of rotatable bonds is 4. The zero-order valence-corrected chi connectivity index (χ0v) is 17.7. The average Bonchev–Trinajstić information content (AvgIpc) is 3.22. The lowest BCUT2D eigenvalue weighted by molar-refractivity contribution is 0.102. The molecule has 1 aliphatic heterocycles. The van der Waals surface area contributed by atoms with E-state index in [0.29, 0.717) is 5.70 Å². The molecule has 9 heteroatoms. The van der Waals surface area contributed by atoms with Gasteiger partial charge in [-0.05, 0) is 35.9 Å². The number of benzene rings is 3. The van der Waals surface area contributed by atoms with E-state index in [1.165, 1.54) is 35.0 Å². The van der Waals surface area contributed by atoms with Crippen LogP contribution in [0.5, 0.6) is 0 Å². The summed E-state index contributed by atoms with van der Waals surface area (Å²) in [6.07, 6.45) is 1.78. The lowest BCUT2D eigenvalue weighted by Crippen LogP contribution is -2.21. The van der Waals surface area contributed by atoms with E-state index < -0.39 is 23.6 Å². The highest BCUT2D eigenvalue weighted by molar-refractivity contribution is 6.31. The van der Waals surface area contributed by atoms with Crippen LogP contribution in [-0.2, 0) is 0 Å². The molecule has 1 aliphatic rings. The number of aromatic nitrogens is 3. The summed E-state index contributed by atoms with van der Waals surface area (Å²) in [5, 5.41) is 10.2. The summed E-state index contributed by atoms with van der Waals surface area (Å²) in [5.74, 6) is -1.67. The zero-order chi connectivity index (χ0) is 22.9. The maximum atomic E-state index is 14.8. The minimum atomic E-state index is -0.739. The second kappa shape index (κ2) is 8.48. The van der Waals surface area contributed by atoms with Crippen molar-refractivity contribution in [2.24, 2.45) is 0 Å². The number of nitrogens with zero attached hydrogens (tertiary/aromatic N) is 3. The van der Waals surface area contributed by atoms with Crippen LogP contribution in [0.15, 0.2) is 78.9 Å². The summed E-state index contributed by atoms with van der Waals surface area (Å²) in [5.41, 5.74) is 1.59. The maximum Gasteiger partial charge on any atom is 0.261 e. The van der Waals surface area contributed by atoms with E-state index >= 15 is 0 Å². The van der Waals surface area contributed by atoms with Gasteiger partial charge >= 0.3 is 0 Å². The molecule has 4 aromatic rings. The summed E-state index contributed by atoms with van der Waals surface area (Å²) in [6, 6.07) is 18.7. The van der Waals surface area contributed by atoms with Crippen molar-refractivity contribution in [3.05, 3.63) is 112 Å². The van der Waals surface area contributed by atoms with Crippen LogP contribution in [0, 0.1) is 11.6 Å². The number of carbonyl (C=O) groups excluding carboxylic acids is 1. The van der Waals surface area contributed by atoms with Crippen LogP contribution >= 0.6 is 11.6 Å². The highest BCUT2D eigenvalue weighted by Gasteiger charge is 2.29. The smallest absolute Gasteiger partial charge is 0.261 e. The van der Waals surface area contributed by atoms with Crippen molar-refractivity contribution in [3.63, 3.8) is 0 Å². The van der Waals surface area contributed by atoms with Crippen LogP contribution in [0.4, 0.5) is 20.7 Å². The number of nitrogens with one attached hydrogen (secondary N) is 2. The van der Waals surface area contributed by atoms with E-state index in [2.05, 4.69) is 20.7 Å². The Morgan fingerprint density at radius 2 is 1.70 bits per heavy atom. The molecule has 0 unspecified atom stereocenters. The van der Waals surface area contributed by atoms with Crippen LogP contribution in [0.2, 0.25) is 5.02 Å². The van der Waals surface area contributed by atoms with Gasteiger partial charge in [0.1, 0.15) is 17.7 Å². The largest absolute Gasteiger partial charge is 0.324 e. The number of anilines is 2. The Kier molecular flexibility index (Phi) is 5.35. The lowest BCUT2D eigenvalue weighted by Gasteiger charge is -2.25. The minimum Gasteiger partial charge on any atom is -0.324 e. The predicted octanol–water partition coefficient (Wildman–Crippen LogP) is 5.52. The molecule has 0 aliphatic carbocycles. The first-order chi connectivity index (χ1) is 16.0. The van der Waals surface area contributed by atoms with Crippen LogP contribution in [0.3, 0.4) is 0 Å². The quantitative estimate of drug-likeness (QED) is 0.418. The molecule has 0 saturated heterocycles. The second-order valence-electron chi connectivity index (χ2n) is 7.29. The molecule has 2 N–H and O–H groups in total. The minimum absolute atomic E-state index is 0.0640. The highest BCUT2D eigenvalue weighted by atomic mass is 35.5. The average molecular weight is 464 g/mol. The molecule has 0 bridgehead atoms. The Labute approximate surface area is 192 Å². The third-order valence-electron chi connectivity index (χ3n) is 5.19. The first-order valence-electron chi connectivity index (χ1n) is 10.0. The van der Waals surface area contributed by atoms with Gasteiger partial charge in [-0.2, -0.15) is 4.98 Å². The van der Waals surface area contributed by atoms with Crippen LogP contribution < -0.4 is 10.6 Å². The van der Waals surface area contributed by atoms with Gasteiger partial charge in [-0.15, -0.1) is 5.10 Å². The number of fused-ring (bicyclic) bond motifs is 1. The zero-order valence-electron chi connectivity index (χ0n) is 17.0. The number of carbonyl (C=O) groups is 1. The van der Waals surface area contributed by atoms with Gasteiger partial charge in [0, 0.05) is 16.3 Å². The van der Waals surface area contributed by atoms with Crippen molar-refractivity contribution in [3.8, 4) is 0 Å². The van der Waals surface area contributed by atoms with Gasteiger partial charge in [0.25, 0.3) is 11.9 Å². The van der Waals surface area contributed by atoms with E-state index in [-0.39, 0.29) is 28.0 Å². The molecule has 1 atom stereocenters. The SMILES string of the molecule is O=C(Nc1nc2n(n1)[C@@H](c1c(F)cccc1Cl)C=C(c1ccccc1)N2)c1ccccc1F. The summed E-state index contributed by atoms with van der Waals surface area (Å²) in [6.45, 7) is 0. The molecule has 1 aromatic heterocycles. The normalized spacial score (nSPS) is 14.8. The summed E-state index contributed by atoms with van der Waals surface area (Å²) in [7, 11) is 0. The van der Waals surface area contributed by atoms with Gasteiger partial charge in [-0.25, -0.2) is 13.5 Å². The first kappa shape index (κ1) is 20.8. The van der Waals surface area contributed by atoms with Crippen LogP contribution in [0.25, 0.3) is 5.70 Å². The molecule has 0 fully saturated rings. The summed E-state index contributed by atoms with van der Waals surface area (Å²) >= 11 is 6.35. The maximum absolute atomic E-state index is 14.8. The summed E-state index contributed by atoms with van der Waals surface area (Å²) < 4.78 is 30.3. The van der Waals surface area contributed by atoms with Crippen molar-refractivity contribution >= 4 is 35.1 Å². The van der Waals surface area contributed by atoms with Gasteiger partial charge in [0.05, 0.1) is 5.56 Å². The number of halogens is 3. The van der Waals surface area contributed by atoms with Crippen molar-refractivity contribution in [1.82, 2.24) is 14.8 Å². The van der Waals surface area contributed by atoms with Crippen molar-refractivity contribution in [1.29, 1.82) is 0 Å². The number of hydrogen-bond acceptors (Lipinski definition) is 4. The Balaban J connectivity index is 1.56. The number of hydrogen-bond donors (Lipinski definition) is 2. The predicted molar refractivity (Wildman–Crippen MR) is 122 cm³/mol. The van der Waals surface area contributed by atoms with Crippen molar-refractivity contribution in [2.45, 2.75) is 6.04 Å². The molecule has 2 heterocycles. The standard InChI is InChI=1S/C24H16ClF2N5O/c25-16-10-6-12-18(27)21(16)20-13-19(14-7-2-1-3-8-14)28-24-30-23(31-32(20)24)29-22(33)15-9-4-5-11-17(15)26/h1-13,20H,(H2,28,29,30,31,33)/t20-/m1/s1. The van der Waals surface area contributed by atoms with Crippen LogP contribution in [-0.4, -0.2) is 20.7 Å². The van der Waals surface area contributed by atoms with E-state index in [4.69, 9.17) is 11.6 Å². The molecule has 0 spiro atoms. The fraction of sp³-hybridized carbons (Fsp3) is 0.0417. The van der Waals surface area contributed by atoms with Crippen LogP contribution in [0.1, 0.15) is 27.5 Å². The van der Waals surface area contributed by atoms with E-state index in [0.717, 1.165) is 5.56 Å². The molecular weight excluding hydrogens is 448 g/mol. The van der Waals surface area contributed by atoms with Gasteiger partial charge < -0.3 is 5.32 Å². The molecule has 6 nitrogen and oxygen atoms in total. The first-order valence-corrected chi connectivity index (χ1v) is 10.4. The third-order valence-corrected chi connectivity index (χ3v) is 5.52. The fourth-order valence-corrected chi connectivity index (χ4v) is 3.92. The Morgan fingerprint density at radius 3 is 2.45 bits per heavy atom. The monoisotopic (exact) mass is 463 g/mol. The van der Waals surface area contributed by atoms with Gasteiger partial charge in [0.15, 0.2) is 0 Å². The topological polar surface area (TPSA) is 71.8 Å². The highest BCUT2D eigenvalue weighted by Crippen LogP contribution is 2.37. The molecule has 5 rings (SSSR count). The molecular formula is C24H16ClF2N5O. The van der Waals surface area contributed by atoms with Crippen molar-refractivity contribution in [2.75, 3.05) is 10.6 Å². The number of amides is 1.